The van der Waals surface area contributed by atoms with Gasteiger partial charge in [-0.15, -0.1) is 0 Å². The molecular formula is C11H16N6OS. The fourth-order valence-electron chi connectivity index (χ4n) is 1.46. The highest BCUT2D eigenvalue weighted by atomic mass is 32.1. The molecule has 2 rings (SSSR count). The van der Waals surface area contributed by atoms with Gasteiger partial charge in [-0.25, -0.2) is 4.98 Å². The number of carbonyl (C=O) groups is 1. The molecule has 1 amide bonds. The number of aromatic nitrogens is 3. The molecule has 0 aliphatic heterocycles. The first-order valence-electron chi connectivity index (χ1n) is 5.78. The van der Waals surface area contributed by atoms with Crippen molar-refractivity contribution in [1.82, 2.24) is 14.8 Å². The Balaban J connectivity index is 2.15. The summed E-state index contributed by atoms with van der Waals surface area (Å²) < 4.78 is 1.73. The van der Waals surface area contributed by atoms with E-state index in [2.05, 4.69) is 15.4 Å². The van der Waals surface area contributed by atoms with Gasteiger partial charge >= 0.3 is 0 Å². The average Bonchev–Trinajstić information content (AvgIpc) is 2.95. The molecule has 0 saturated carbocycles. The van der Waals surface area contributed by atoms with Gasteiger partial charge in [0.2, 0.25) is 0 Å². The largest absolute Gasteiger partial charge is 0.382 e. The maximum atomic E-state index is 12.1. The van der Waals surface area contributed by atoms with E-state index in [1.807, 2.05) is 25.9 Å². The van der Waals surface area contributed by atoms with E-state index in [9.17, 15) is 4.79 Å². The zero-order valence-electron chi connectivity index (χ0n) is 11.0. The number of carbonyl (C=O) groups excluding carboxylic acids is 1. The smallest absolute Gasteiger partial charge is 0.269 e. The van der Waals surface area contributed by atoms with Gasteiger partial charge in [-0.05, 0) is 6.92 Å². The highest BCUT2D eigenvalue weighted by molar-refractivity contribution is 7.18. The van der Waals surface area contributed by atoms with Crippen molar-refractivity contribution in [1.29, 1.82) is 0 Å². The summed E-state index contributed by atoms with van der Waals surface area (Å²) >= 11 is 1.26. The zero-order valence-corrected chi connectivity index (χ0v) is 11.9. The molecular weight excluding hydrogens is 264 g/mol. The summed E-state index contributed by atoms with van der Waals surface area (Å²) in [7, 11) is 3.70. The van der Waals surface area contributed by atoms with E-state index in [1.165, 1.54) is 11.3 Å². The molecule has 3 N–H and O–H groups in total. The third kappa shape index (κ3) is 2.84. The summed E-state index contributed by atoms with van der Waals surface area (Å²) in [4.78, 5) is 18.4. The van der Waals surface area contributed by atoms with Gasteiger partial charge in [0, 0.05) is 26.8 Å². The van der Waals surface area contributed by atoms with Crippen LogP contribution in [0.5, 0.6) is 0 Å². The van der Waals surface area contributed by atoms with Crippen molar-refractivity contribution in [3.63, 3.8) is 0 Å². The van der Waals surface area contributed by atoms with E-state index in [1.54, 1.807) is 17.1 Å². The lowest BCUT2D eigenvalue weighted by Crippen LogP contribution is -2.11. The summed E-state index contributed by atoms with van der Waals surface area (Å²) in [5, 5.41) is 7.54. The van der Waals surface area contributed by atoms with Crippen LogP contribution in [0.2, 0.25) is 0 Å². The van der Waals surface area contributed by atoms with Crippen molar-refractivity contribution < 1.29 is 4.79 Å². The number of nitrogens with two attached hydrogens (primary N) is 1. The van der Waals surface area contributed by atoms with Gasteiger partial charge in [-0.2, -0.15) is 5.10 Å². The summed E-state index contributed by atoms with van der Waals surface area (Å²) in [5.74, 6) is -0.0205. The van der Waals surface area contributed by atoms with Gasteiger partial charge in [-0.1, -0.05) is 11.3 Å². The Morgan fingerprint density at radius 1 is 1.58 bits per heavy atom. The first-order valence-corrected chi connectivity index (χ1v) is 6.60. The van der Waals surface area contributed by atoms with E-state index in [4.69, 9.17) is 5.73 Å². The highest BCUT2D eigenvalue weighted by Crippen LogP contribution is 2.27. The lowest BCUT2D eigenvalue weighted by molar-refractivity contribution is 0.103. The van der Waals surface area contributed by atoms with Crippen LogP contribution in [-0.2, 0) is 6.54 Å². The molecule has 0 aliphatic carbocycles. The maximum Gasteiger partial charge on any atom is 0.269 e. The second-order valence-electron chi connectivity index (χ2n) is 4.14. The Kier molecular flexibility index (Phi) is 3.70. The zero-order chi connectivity index (χ0) is 14.0. The molecule has 19 heavy (non-hydrogen) atoms. The SMILES string of the molecule is CCn1cc(NC(=O)c2sc(N(C)C)nc2N)cn1. The van der Waals surface area contributed by atoms with Crippen molar-refractivity contribution >= 4 is 33.9 Å². The van der Waals surface area contributed by atoms with Crippen LogP contribution in [0.3, 0.4) is 0 Å². The molecule has 0 aromatic carbocycles. The second kappa shape index (κ2) is 5.27. The second-order valence-corrected chi connectivity index (χ2v) is 5.12. The minimum absolute atomic E-state index is 0.245. The van der Waals surface area contributed by atoms with Gasteiger partial charge in [0.15, 0.2) is 5.13 Å². The van der Waals surface area contributed by atoms with Gasteiger partial charge in [0.25, 0.3) is 5.91 Å². The first kappa shape index (κ1) is 13.3. The van der Waals surface area contributed by atoms with Crippen LogP contribution in [-0.4, -0.2) is 34.8 Å². The van der Waals surface area contributed by atoms with Crippen LogP contribution in [0.25, 0.3) is 0 Å². The van der Waals surface area contributed by atoms with E-state index >= 15 is 0 Å². The molecule has 0 saturated heterocycles. The van der Waals surface area contributed by atoms with Crippen LogP contribution in [0, 0.1) is 0 Å². The Bertz CT molecular complexity index is 588. The van der Waals surface area contributed by atoms with Crippen molar-refractivity contribution in [2.45, 2.75) is 13.5 Å². The number of nitrogen functional groups attached to an aromatic ring is 1. The quantitative estimate of drug-likeness (QED) is 0.880. The third-order valence-corrected chi connectivity index (χ3v) is 3.68. The van der Waals surface area contributed by atoms with Crippen LogP contribution >= 0.6 is 11.3 Å². The van der Waals surface area contributed by atoms with Crippen molar-refractivity contribution in [3.8, 4) is 0 Å². The normalized spacial score (nSPS) is 10.5. The molecule has 0 bridgehead atoms. The molecule has 0 unspecified atom stereocenters. The number of thiazole rings is 1. The fraction of sp³-hybridized carbons (Fsp3) is 0.364. The number of nitrogens with one attached hydrogen (secondary N) is 1. The van der Waals surface area contributed by atoms with E-state index in [-0.39, 0.29) is 11.7 Å². The molecule has 0 atom stereocenters. The van der Waals surface area contributed by atoms with Gasteiger partial charge in [0.05, 0.1) is 11.9 Å². The molecule has 0 aliphatic rings. The number of amides is 1. The van der Waals surface area contributed by atoms with Crippen molar-refractivity contribution in [3.05, 3.63) is 17.3 Å². The summed E-state index contributed by atoms with van der Waals surface area (Å²) in [6, 6.07) is 0. The third-order valence-electron chi connectivity index (χ3n) is 2.45. The minimum Gasteiger partial charge on any atom is -0.382 e. The maximum absolute atomic E-state index is 12.1. The molecule has 2 aromatic heterocycles. The monoisotopic (exact) mass is 280 g/mol. The number of aryl methyl sites for hydroxylation is 1. The first-order chi connectivity index (χ1) is 9.01. The van der Waals surface area contributed by atoms with Gasteiger partial charge < -0.3 is 16.0 Å². The van der Waals surface area contributed by atoms with Crippen molar-refractivity contribution in [2.75, 3.05) is 30.0 Å². The van der Waals surface area contributed by atoms with Crippen LogP contribution in [0.4, 0.5) is 16.6 Å². The number of hydrogen-bond donors (Lipinski definition) is 2. The summed E-state index contributed by atoms with van der Waals surface area (Å²) in [6.45, 7) is 2.73. The molecule has 0 radical (unpaired) electrons. The standard InChI is InChI=1S/C11H16N6OS/c1-4-17-6-7(5-13-17)14-10(18)8-9(12)15-11(19-8)16(2)3/h5-6H,4,12H2,1-3H3,(H,14,18). The topological polar surface area (TPSA) is 89.1 Å². The van der Waals surface area contributed by atoms with Crippen molar-refractivity contribution in [2.24, 2.45) is 0 Å². The number of hydrogen-bond acceptors (Lipinski definition) is 6. The molecule has 2 aromatic rings. The lowest BCUT2D eigenvalue weighted by atomic mass is 10.4. The lowest BCUT2D eigenvalue weighted by Gasteiger charge is -2.04. The number of rotatable bonds is 4. The molecule has 0 fully saturated rings. The molecule has 0 spiro atoms. The molecule has 7 nitrogen and oxygen atoms in total. The molecule has 2 heterocycles. The van der Waals surface area contributed by atoms with Crippen LogP contribution < -0.4 is 16.0 Å². The Morgan fingerprint density at radius 3 is 2.84 bits per heavy atom. The molecule has 8 heteroatoms. The minimum atomic E-state index is -0.265. The van der Waals surface area contributed by atoms with Gasteiger partial charge in [0.1, 0.15) is 10.7 Å². The molecule has 102 valence electrons. The van der Waals surface area contributed by atoms with Crippen LogP contribution in [0.1, 0.15) is 16.6 Å². The van der Waals surface area contributed by atoms with E-state index in [0.29, 0.717) is 15.7 Å². The Hall–Kier alpha value is -2.09. The summed E-state index contributed by atoms with van der Waals surface area (Å²) in [5.41, 5.74) is 6.40. The fourth-order valence-corrected chi connectivity index (χ4v) is 2.27. The van der Waals surface area contributed by atoms with Crippen LogP contribution in [0.15, 0.2) is 12.4 Å². The predicted molar refractivity (Wildman–Crippen MR) is 76.7 cm³/mol. The van der Waals surface area contributed by atoms with Gasteiger partial charge in [-0.3, -0.25) is 9.48 Å². The highest BCUT2D eigenvalue weighted by Gasteiger charge is 2.17. The Morgan fingerprint density at radius 2 is 2.32 bits per heavy atom. The summed E-state index contributed by atoms with van der Waals surface area (Å²) in [6.07, 6.45) is 3.37. The number of nitrogens with zero attached hydrogens (tertiary/aromatic N) is 4. The Labute approximate surface area is 115 Å². The van der Waals surface area contributed by atoms with E-state index < -0.39 is 0 Å². The number of anilines is 3. The average molecular weight is 280 g/mol. The van der Waals surface area contributed by atoms with E-state index in [0.717, 1.165) is 6.54 Å². The predicted octanol–water partition coefficient (Wildman–Crippen LogP) is 1.26.